The van der Waals surface area contributed by atoms with Gasteiger partial charge in [-0.3, -0.25) is 0 Å². The maximum atomic E-state index is 5.09. The standard InChI is InChI=1S/C3H9NS.Na.H2O/c1-3(5)2-4;;/h3,5H,2,4H2,1H3;;1H2/q;+1;/p-1. The summed E-state index contributed by atoms with van der Waals surface area (Å²) in [6.45, 7) is 2.63. The van der Waals surface area contributed by atoms with Crippen LogP contribution in [0.25, 0.3) is 0 Å². The van der Waals surface area contributed by atoms with Gasteiger partial charge in [-0.25, -0.2) is 0 Å². The second kappa shape index (κ2) is 10.3. The molecule has 1 unspecified atom stereocenters. The summed E-state index contributed by atoms with van der Waals surface area (Å²) >= 11 is 3.97. The molecular weight excluding hydrogens is 121 g/mol. The predicted molar refractivity (Wildman–Crippen MR) is 29.4 cm³/mol. The van der Waals surface area contributed by atoms with Crippen LogP contribution in [0.3, 0.4) is 0 Å². The fourth-order valence-electron chi connectivity index (χ4n) is 0. The van der Waals surface area contributed by atoms with E-state index in [0.717, 1.165) is 0 Å². The second-order valence-electron chi connectivity index (χ2n) is 1.08. The smallest absolute Gasteiger partial charge is 0.870 e. The third-order valence-corrected chi connectivity index (χ3v) is 0.552. The molecular formula is C3H10NNaOS. The van der Waals surface area contributed by atoms with Crippen molar-refractivity contribution in [2.24, 2.45) is 5.73 Å². The number of thiol groups is 1. The van der Waals surface area contributed by atoms with E-state index in [0.29, 0.717) is 11.8 Å². The minimum absolute atomic E-state index is 0. The van der Waals surface area contributed by atoms with Crippen LogP contribution in [0.1, 0.15) is 6.92 Å². The van der Waals surface area contributed by atoms with Crippen molar-refractivity contribution in [1.29, 1.82) is 0 Å². The van der Waals surface area contributed by atoms with Crippen molar-refractivity contribution in [3.63, 3.8) is 0 Å². The van der Waals surface area contributed by atoms with Gasteiger partial charge in [0.1, 0.15) is 0 Å². The van der Waals surface area contributed by atoms with Crippen molar-refractivity contribution in [1.82, 2.24) is 0 Å². The van der Waals surface area contributed by atoms with E-state index >= 15 is 0 Å². The van der Waals surface area contributed by atoms with Gasteiger partial charge < -0.3 is 11.2 Å². The normalized spacial score (nSPS) is 10.7. The summed E-state index contributed by atoms with van der Waals surface area (Å²) in [5.74, 6) is 0. The van der Waals surface area contributed by atoms with E-state index < -0.39 is 0 Å². The molecule has 0 rings (SSSR count). The van der Waals surface area contributed by atoms with Crippen LogP contribution in [0.4, 0.5) is 0 Å². The Bertz CT molecular complexity index is 28.9. The SMILES string of the molecule is CC(S)CN.[Na+].[OH-]. The molecule has 0 aliphatic carbocycles. The first-order chi connectivity index (χ1) is 2.27. The third kappa shape index (κ3) is 18.9. The molecule has 0 fully saturated rings. The zero-order valence-corrected chi connectivity index (χ0v) is 7.65. The largest absolute Gasteiger partial charge is 1.00 e. The predicted octanol–water partition coefficient (Wildman–Crippen LogP) is -2.91. The van der Waals surface area contributed by atoms with Gasteiger partial charge in [-0.15, -0.1) is 0 Å². The van der Waals surface area contributed by atoms with Crippen LogP contribution in [0.5, 0.6) is 0 Å². The molecule has 1 atom stereocenters. The van der Waals surface area contributed by atoms with Gasteiger partial charge in [-0.05, 0) is 0 Å². The molecule has 40 valence electrons. The summed E-state index contributed by atoms with van der Waals surface area (Å²) in [7, 11) is 0. The quantitative estimate of drug-likeness (QED) is 0.296. The van der Waals surface area contributed by atoms with E-state index in [9.17, 15) is 0 Å². The van der Waals surface area contributed by atoms with Crippen molar-refractivity contribution in [3.05, 3.63) is 0 Å². The molecule has 0 saturated heterocycles. The fraction of sp³-hybridized carbons (Fsp3) is 1.00. The van der Waals surface area contributed by atoms with Gasteiger partial charge in [0.05, 0.1) is 0 Å². The Morgan fingerprint density at radius 1 is 1.71 bits per heavy atom. The molecule has 0 aliphatic rings. The van der Waals surface area contributed by atoms with E-state index in [1.165, 1.54) is 0 Å². The van der Waals surface area contributed by atoms with Gasteiger partial charge in [0.15, 0.2) is 0 Å². The van der Waals surface area contributed by atoms with Crippen LogP contribution in [0.15, 0.2) is 0 Å². The average Bonchev–Trinajstić information content (AvgIpc) is 1.38. The Morgan fingerprint density at radius 2 is 1.86 bits per heavy atom. The Kier molecular flexibility index (Phi) is 23.1. The molecule has 0 spiro atoms. The molecule has 3 N–H and O–H groups in total. The number of hydrogen-bond acceptors (Lipinski definition) is 3. The monoisotopic (exact) mass is 131 g/mol. The van der Waals surface area contributed by atoms with Crippen LogP contribution in [-0.4, -0.2) is 17.3 Å². The van der Waals surface area contributed by atoms with Crippen molar-refractivity contribution in [3.8, 4) is 0 Å². The zero-order chi connectivity index (χ0) is 4.28. The first-order valence-corrected chi connectivity index (χ1v) is 2.17. The van der Waals surface area contributed by atoms with Crippen molar-refractivity contribution in [2.75, 3.05) is 6.54 Å². The summed E-state index contributed by atoms with van der Waals surface area (Å²) in [6, 6.07) is 0. The molecule has 0 heterocycles. The minimum Gasteiger partial charge on any atom is -0.870 e. The molecule has 0 aromatic carbocycles. The van der Waals surface area contributed by atoms with E-state index in [2.05, 4.69) is 12.6 Å². The molecule has 0 bridgehead atoms. The van der Waals surface area contributed by atoms with Gasteiger partial charge in [0, 0.05) is 11.8 Å². The second-order valence-corrected chi connectivity index (χ2v) is 1.97. The Balaban J connectivity index is -0.0000000800. The Morgan fingerprint density at radius 3 is 1.86 bits per heavy atom. The first kappa shape index (κ1) is 15.7. The summed E-state index contributed by atoms with van der Waals surface area (Å²) < 4.78 is 0. The molecule has 0 radical (unpaired) electrons. The van der Waals surface area contributed by atoms with E-state index in [1.54, 1.807) is 0 Å². The van der Waals surface area contributed by atoms with Crippen LogP contribution in [0, 0.1) is 0 Å². The molecule has 4 heteroatoms. The molecule has 2 nitrogen and oxygen atoms in total. The summed E-state index contributed by atoms with van der Waals surface area (Å²) in [5.41, 5.74) is 5.09. The minimum atomic E-state index is 0. The van der Waals surface area contributed by atoms with Gasteiger partial charge in [-0.2, -0.15) is 12.6 Å². The van der Waals surface area contributed by atoms with Gasteiger partial charge >= 0.3 is 29.6 Å². The molecule has 0 aliphatic heterocycles. The van der Waals surface area contributed by atoms with Crippen molar-refractivity contribution >= 4 is 12.6 Å². The summed E-state index contributed by atoms with van der Waals surface area (Å²) in [5, 5.41) is 0.356. The molecule has 7 heavy (non-hydrogen) atoms. The maximum Gasteiger partial charge on any atom is 1.00 e. The van der Waals surface area contributed by atoms with Crippen LogP contribution in [-0.2, 0) is 0 Å². The molecule has 0 aromatic heterocycles. The van der Waals surface area contributed by atoms with E-state index in [4.69, 9.17) is 5.73 Å². The van der Waals surface area contributed by atoms with Crippen LogP contribution >= 0.6 is 12.6 Å². The van der Waals surface area contributed by atoms with Crippen molar-refractivity contribution < 1.29 is 35.0 Å². The average molecular weight is 131 g/mol. The van der Waals surface area contributed by atoms with Crippen LogP contribution in [0.2, 0.25) is 0 Å². The maximum absolute atomic E-state index is 5.09. The number of rotatable bonds is 1. The summed E-state index contributed by atoms with van der Waals surface area (Å²) in [6.07, 6.45) is 0. The first-order valence-electron chi connectivity index (χ1n) is 1.65. The Labute approximate surface area is 71.9 Å². The van der Waals surface area contributed by atoms with E-state index in [1.807, 2.05) is 6.92 Å². The van der Waals surface area contributed by atoms with Gasteiger partial charge in [0.2, 0.25) is 0 Å². The Hall–Kier alpha value is 1.27. The number of hydrogen-bond donors (Lipinski definition) is 2. The summed E-state index contributed by atoms with van der Waals surface area (Å²) in [4.78, 5) is 0. The van der Waals surface area contributed by atoms with E-state index in [-0.39, 0.29) is 35.0 Å². The topological polar surface area (TPSA) is 56.0 Å². The molecule has 0 aromatic rings. The van der Waals surface area contributed by atoms with Gasteiger partial charge in [-0.1, -0.05) is 6.92 Å². The fourth-order valence-corrected chi connectivity index (χ4v) is 0. The number of nitrogens with two attached hydrogens (primary N) is 1. The molecule has 0 amide bonds. The van der Waals surface area contributed by atoms with Gasteiger partial charge in [0.25, 0.3) is 0 Å². The molecule has 0 saturated carbocycles. The van der Waals surface area contributed by atoms with Crippen LogP contribution < -0.4 is 35.3 Å². The zero-order valence-electron chi connectivity index (χ0n) is 4.76. The third-order valence-electron chi connectivity index (χ3n) is 0.341. The van der Waals surface area contributed by atoms with Crippen molar-refractivity contribution in [2.45, 2.75) is 12.2 Å².